The average Bonchev–Trinajstić information content (AvgIpc) is 3.10. The largest absolute Gasteiger partial charge is 0.480 e. The van der Waals surface area contributed by atoms with Crippen molar-refractivity contribution in [1.29, 1.82) is 0 Å². The molecule has 3 heterocycles. The maximum atomic E-state index is 12.4. The molecule has 1 aromatic heterocycles. The molecule has 1 unspecified atom stereocenters. The first kappa shape index (κ1) is 17.2. The van der Waals surface area contributed by atoms with Crippen LogP contribution in [0.1, 0.15) is 30.4 Å². The Balaban J connectivity index is 1.31. The molecular weight excluding hydrogens is 350 g/mol. The highest BCUT2D eigenvalue weighted by Gasteiger charge is 2.29. The minimum atomic E-state index is -0.496. The lowest BCUT2D eigenvalue weighted by molar-refractivity contribution is -0.127. The summed E-state index contributed by atoms with van der Waals surface area (Å²) in [5.41, 5.74) is 1.96. The molecule has 26 heavy (non-hydrogen) atoms. The summed E-state index contributed by atoms with van der Waals surface area (Å²) in [6.07, 6.45) is 5.66. The van der Waals surface area contributed by atoms with Gasteiger partial charge in [0.05, 0.1) is 0 Å². The predicted molar refractivity (Wildman–Crippen MR) is 102 cm³/mol. The van der Waals surface area contributed by atoms with Gasteiger partial charge in [-0.1, -0.05) is 17.7 Å². The number of amides is 1. The summed E-state index contributed by atoms with van der Waals surface area (Å²) in [4.78, 5) is 19.3. The van der Waals surface area contributed by atoms with Crippen molar-refractivity contribution in [3.8, 4) is 5.75 Å². The maximum absolute atomic E-state index is 12.4. The second-order valence-corrected chi connectivity index (χ2v) is 7.29. The van der Waals surface area contributed by atoms with Crippen molar-refractivity contribution in [3.63, 3.8) is 0 Å². The van der Waals surface area contributed by atoms with Gasteiger partial charge in [0.2, 0.25) is 0 Å². The molecule has 1 saturated heterocycles. The van der Waals surface area contributed by atoms with Gasteiger partial charge in [0.1, 0.15) is 11.6 Å². The third-order valence-electron chi connectivity index (χ3n) is 4.95. The Morgan fingerprint density at radius 1 is 1.23 bits per heavy atom. The average molecular weight is 372 g/mol. The van der Waals surface area contributed by atoms with Crippen LogP contribution < -0.4 is 15.0 Å². The first-order valence-corrected chi connectivity index (χ1v) is 9.49. The summed E-state index contributed by atoms with van der Waals surface area (Å²) in [6, 6.07) is 9.51. The molecule has 5 nitrogen and oxygen atoms in total. The van der Waals surface area contributed by atoms with Crippen molar-refractivity contribution in [2.45, 2.75) is 38.3 Å². The zero-order valence-corrected chi connectivity index (χ0v) is 15.3. The fraction of sp³-hybridized carbons (Fsp3) is 0.400. The Bertz CT molecular complexity index is 788. The molecule has 0 aliphatic carbocycles. The number of aromatic nitrogens is 1. The molecule has 4 rings (SSSR count). The number of carbonyl (C=O) groups is 1. The van der Waals surface area contributed by atoms with Crippen molar-refractivity contribution in [3.05, 3.63) is 52.7 Å². The van der Waals surface area contributed by atoms with E-state index in [0.717, 1.165) is 35.8 Å². The highest BCUT2D eigenvalue weighted by atomic mass is 35.5. The molecule has 0 spiro atoms. The number of pyridine rings is 1. The maximum Gasteiger partial charge on any atom is 0.261 e. The van der Waals surface area contributed by atoms with Gasteiger partial charge in [-0.25, -0.2) is 4.98 Å². The molecule has 2 aliphatic heterocycles. The number of fused-ring (bicyclic) bond motifs is 1. The van der Waals surface area contributed by atoms with Gasteiger partial charge >= 0.3 is 0 Å². The van der Waals surface area contributed by atoms with E-state index in [1.165, 1.54) is 19.3 Å². The summed E-state index contributed by atoms with van der Waals surface area (Å²) in [7, 11) is 0. The number of hydrogen-bond acceptors (Lipinski definition) is 4. The molecule has 1 amide bonds. The summed E-state index contributed by atoms with van der Waals surface area (Å²) < 4.78 is 5.72. The lowest BCUT2D eigenvalue weighted by atomic mass is 10.1. The number of hydrogen-bond donors (Lipinski definition) is 1. The Morgan fingerprint density at radius 2 is 2.08 bits per heavy atom. The molecular formula is C20H22ClN3O2. The molecule has 0 saturated carbocycles. The van der Waals surface area contributed by atoms with E-state index in [0.29, 0.717) is 18.0 Å². The van der Waals surface area contributed by atoms with Gasteiger partial charge in [0, 0.05) is 37.3 Å². The molecule has 1 atom stereocenters. The van der Waals surface area contributed by atoms with Crippen molar-refractivity contribution in [2.75, 3.05) is 18.0 Å². The zero-order valence-electron chi connectivity index (χ0n) is 14.6. The zero-order chi connectivity index (χ0) is 17.9. The molecule has 0 bridgehead atoms. The van der Waals surface area contributed by atoms with E-state index < -0.39 is 6.10 Å². The number of carbonyl (C=O) groups excluding carboxylic acids is 1. The summed E-state index contributed by atoms with van der Waals surface area (Å²) >= 11 is 5.99. The van der Waals surface area contributed by atoms with Gasteiger partial charge in [-0.15, -0.1) is 0 Å². The van der Waals surface area contributed by atoms with Crippen LogP contribution >= 0.6 is 11.6 Å². The van der Waals surface area contributed by atoms with E-state index in [1.54, 1.807) is 6.07 Å². The Hall–Kier alpha value is -2.27. The van der Waals surface area contributed by atoms with E-state index >= 15 is 0 Å². The van der Waals surface area contributed by atoms with E-state index in [4.69, 9.17) is 16.3 Å². The van der Waals surface area contributed by atoms with Crippen LogP contribution in [-0.4, -0.2) is 30.1 Å². The number of piperidine rings is 1. The molecule has 1 N–H and O–H groups in total. The first-order chi connectivity index (χ1) is 12.7. The van der Waals surface area contributed by atoms with Crippen LogP contribution in [0, 0.1) is 0 Å². The highest BCUT2D eigenvalue weighted by Crippen LogP contribution is 2.31. The van der Waals surface area contributed by atoms with Crippen LogP contribution in [0.3, 0.4) is 0 Å². The quantitative estimate of drug-likeness (QED) is 0.895. The second-order valence-electron chi connectivity index (χ2n) is 6.85. The lowest BCUT2D eigenvalue weighted by Gasteiger charge is -2.27. The van der Waals surface area contributed by atoms with E-state index in [2.05, 4.69) is 15.2 Å². The number of nitrogens with one attached hydrogen (secondary N) is 1. The molecule has 1 fully saturated rings. The van der Waals surface area contributed by atoms with Gasteiger partial charge in [0.25, 0.3) is 5.91 Å². The first-order valence-electron chi connectivity index (χ1n) is 9.12. The number of rotatable bonds is 4. The van der Waals surface area contributed by atoms with Gasteiger partial charge in [-0.2, -0.15) is 0 Å². The Morgan fingerprint density at radius 3 is 2.85 bits per heavy atom. The summed E-state index contributed by atoms with van der Waals surface area (Å²) in [5.74, 6) is 1.64. The van der Waals surface area contributed by atoms with Crippen molar-refractivity contribution >= 4 is 23.3 Å². The standard InChI is InChI=1S/C20H22ClN3O2/c21-16-5-6-17-15(10-16)11-18(26-17)20(25)23-13-14-4-7-19(22-12-14)24-8-2-1-3-9-24/h4-7,10,12,18H,1-3,8-9,11,13H2,(H,23,25). The SMILES string of the molecule is O=C(NCc1ccc(N2CCCCC2)nc1)C1Cc2cc(Cl)ccc2O1. The van der Waals surface area contributed by atoms with Crippen LogP contribution in [-0.2, 0) is 17.8 Å². The smallest absolute Gasteiger partial charge is 0.261 e. The van der Waals surface area contributed by atoms with E-state index in [-0.39, 0.29) is 5.91 Å². The fourth-order valence-electron chi connectivity index (χ4n) is 3.50. The number of halogens is 1. The second kappa shape index (κ2) is 7.54. The molecule has 2 aliphatic rings. The fourth-order valence-corrected chi connectivity index (χ4v) is 3.69. The van der Waals surface area contributed by atoms with Crippen LogP contribution in [0.15, 0.2) is 36.5 Å². The van der Waals surface area contributed by atoms with Gasteiger partial charge in [0.15, 0.2) is 6.10 Å². The molecule has 2 aromatic rings. The van der Waals surface area contributed by atoms with Gasteiger partial charge in [-0.3, -0.25) is 4.79 Å². The number of anilines is 1. The molecule has 6 heteroatoms. The van der Waals surface area contributed by atoms with Crippen LogP contribution in [0.5, 0.6) is 5.75 Å². The van der Waals surface area contributed by atoms with Crippen molar-refractivity contribution in [2.24, 2.45) is 0 Å². The lowest BCUT2D eigenvalue weighted by Crippen LogP contribution is -2.37. The third-order valence-corrected chi connectivity index (χ3v) is 5.18. The van der Waals surface area contributed by atoms with Crippen LogP contribution in [0.25, 0.3) is 0 Å². The third kappa shape index (κ3) is 3.78. The molecule has 0 radical (unpaired) electrons. The normalized spacial score (nSPS) is 19.0. The molecule has 136 valence electrons. The topological polar surface area (TPSA) is 54.5 Å². The van der Waals surface area contributed by atoms with Crippen molar-refractivity contribution < 1.29 is 9.53 Å². The molecule has 1 aromatic carbocycles. The van der Waals surface area contributed by atoms with Crippen LogP contribution in [0.4, 0.5) is 5.82 Å². The summed E-state index contributed by atoms with van der Waals surface area (Å²) in [5, 5.41) is 3.60. The van der Waals surface area contributed by atoms with E-state index in [1.807, 2.05) is 30.5 Å². The minimum Gasteiger partial charge on any atom is -0.480 e. The Labute approximate surface area is 158 Å². The van der Waals surface area contributed by atoms with Gasteiger partial charge in [-0.05, 0) is 54.7 Å². The Kier molecular flexibility index (Phi) is 4.98. The minimum absolute atomic E-state index is 0.113. The van der Waals surface area contributed by atoms with E-state index in [9.17, 15) is 4.79 Å². The monoisotopic (exact) mass is 371 g/mol. The van der Waals surface area contributed by atoms with Gasteiger partial charge < -0.3 is 15.0 Å². The summed E-state index contributed by atoms with van der Waals surface area (Å²) in [6.45, 7) is 2.60. The number of nitrogens with zero attached hydrogens (tertiary/aromatic N) is 2. The van der Waals surface area contributed by atoms with Crippen molar-refractivity contribution in [1.82, 2.24) is 10.3 Å². The number of ether oxygens (including phenoxy) is 1. The highest BCUT2D eigenvalue weighted by molar-refractivity contribution is 6.30. The van der Waals surface area contributed by atoms with Crippen LogP contribution in [0.2, 0.25) is 5.02 Å². The number of benzene rings is 1. The predicted octanol–water partition coefficient (Wildman–Crippen LogP) is 3.35.